The third kappa shape index (κ3) is 3.92. The number of anilines is 1. The molecule has 110 valence electrons. The van der Waals surface area contributed by atoms with Gasteiger partial charge in [-0.1, -0.05) is 11.2 Å². The van der Waals surface area contributed by atoms with Crippen molar-refractivity contribution in [3.05, 3.63) is 46.7 Å². The van der Waals surface area contributed by atoms with E-state index in [2.05, 4.69) is 15.8 Å². The summed E-state index contributed by atoms with van der Waals surface area (Å²) in [6, 6.07) is 7.01. The first-order chi connectivity index (χ1) is 9.95. The van der Waals surface area contributed by atoms with E-state index in [-0.39, 0.29) is 18.4 Å². The fourth-order valence-corrected chi connectivity index (χ4v) is 1.76. The Bertz CT molecular complexity index is 677. The quantitative estimate of drug-likeness (QED) is 0.900. The number of aromatic nitrogens is 1. The summed E-state index contributed by atoms with van der Waals surface area (Å²) in [5, 5.41) is 8.74. The van der Waals surface area contributed by atoms with Crippen molar-refractivity contribution in [3.8, 4) is 0 Å². The number of hydrogen-bond donors (Lipinski definition) is 2. The zero-order valence-corrected chi connectivity index (χ0v) is 12.2. The Balaban J connectivity index is 1.88. The summed E-state index contributed by atoms with van der Waals surface area (Å²) >= 11 is 0. The smallest absolute Gasteiger partial charge is 0.251 e. The maximum atomic E-state index is 11.9. The van der Waals surface area contributed by atoms with Crippen LogP contribution in [0.25, 0.3) is 0 Å². The van der Waals surface area contributed by atoms with Crippen LogP contribution in [0.1, 0.15) is 27.2 Å². The molecule has 1 aromatic heterocycles. The molecule has 0 unspecified atom stereocenters. The van der Waals surface area contributed by atoms with Gasteiger partial charge in [0.15, 0.2) is 5.82 Å². The zero-order chi connectivity index (χ0) is 15.4. The first-order valence-electron chi connectivity index (χ1n) is 6.54. The van der Waals surface area contributed by atoms with Crippen LogP contribution in [0.15, 0.2) is 28.8 Å². The Kier molecular flexibility index (Phi) is 4.37. The number of carbonyl (C=O) groups is 2. The molecule has 0 saturated carbocycles. The maximum Gasteiger partial charge on any atom is 0.251 e. The van der Waals surface area contributed by atoms with E-state index < -0.39 is 0 Å². The molecule has 0 saturated heterocycles. The number of benzene rings is 1. The normalized spacial score (nSPS) is 10.2. The number of carbonyl (C=O) groups excluding carboxylic acids is 2. The number of amides is 2. The molecule has 2 amide bonds. The minimum atomic E-state index is -0.361. The van der Waals surface area contributed by atoms with E-state index in [1.165, 1.54) is 0 Å². The SMILES string of the molecule is Cc1cc(NC(=O)CNC(=O)c2ccc(C)c(C)c2)no1. The van der Waals surface area contributed by atoms with Gasteiger partial charge < -0.3 is 15.2 Å². The Morgan fingerprint density at radius 3 is 2.52 bits per heavy atom. The van der Waals surface area contributed by atoms with Crippen LogP contribution in [-0.4, -0.2) is 23.5 Å². The number of nitrogens with zero attached hydrogens (tertiary/aromatic N) is 1. The molecule has 2 N–H and O–H groups in total. The van der Waals surface area contributed by atoms with Gasteiger partial charge in [0.2, 0.25) is 5.91 Å². The standard InChI is InChI=1S/C15H17N3O3/c1-9-4-5-12(6-10(9)2)15(20)16-8-14(19)17-13-7-11(3)21-18-13/h4-7H,8H2,1-3H3,(H,16,20)(H,17,18,19). The van der Waals surface area contributed by atoms with Gasteiger partial charge >= 0.3 is 0 Å². The highest BCUT2D eigenvalue weighted by atomic mass is 16.5. The molecular weight excluding hydrogens is 270 g/mol. The van der Waals surface area contributed by atoms with Gasteiger partial charge in [0.1, 0.15) is 5.76 Å². The van der Waals surface area contributed by atoms with Crippen molar-refractivity contribution in [2.45, 2.75) is 20.8 Å². The summed E-state index contributed by atoms with van der Waals surface area (Å²) in [4.78, 5) is 23.6. The van der Waals surface area contributed by atoms with Gasteiger partial charge in [0.05, 0.1) is 6.54 Å². The molecule has 0 aliphatic carbocycles. The lowest BCUT2D eigenvalue weighted by Crippen LogP contribution is -2.32. The lowest BCUT2D eigenvalue weighted by atomic mass is 10.1. The molecule has 0 fully saturated rings. The highest BCUT2D eigenvalue weighted by molar-refractivity contribution is 5.99. The van der Waals surface area contributed by atoms with Gasteiger partial charge in [0, 0.05) is 11.6 Å². The lowest BCUT2D eigenvalue weighted by molar-refractivity contribution is -0.115. The van der Waals surface area contributed by atoms with Crippen LogP contribution in [0.5, 0.6) is 0 Å². The monoisotopic (exact) mass is 287 g/mol. The second kappa shape index (κ2) is 6.21. The molecule has 2 rings (SSSR count). The van der Waals surface area contributed by atoms with Gasteiger partial charge in [-0.15, -0.1) is 0 Å². The maximum absolute atomic E-state index is 11.9. The predicted molar refractivity (Wildman–Crippen MR) is 78.1 cm³/mol. The first-order valence-corrected chi connectivity index (χ1v) is 6.54. The molecule has 0 aliphatic heterocycles. The van der Waals surface area contributed by atoms with E-state index in [1.807, 2.05) is 19.9 Å². The van der Waals surface area contributed by atoms with Crippen molar-refractivity contribution in [1.82, 2.24) is 10.5 Å². The molecule has 0 spiro atoms. The second-order valence-electron chi connectivity index (χ2n) is 4.85. The number of hydrogen-bond acceptors (Lipinski definition) is 4. The summed E-state index contributed by atoms with van der Waals surface area (Å²) in [5.41, 5.74) is 2.68. The van der Waals surface area contributed by atoms with Crippen molar-refractivity contribution in [3.63, 3.8) is 0 Å². The van der Waals surface area contributed by atoms with E-state index in [1.54, 1.807) is 25.1 Å². The number of nitrogens with one attached hydrogen (secondary N) is 2. The average molecular weight is 287 g/mol. The number of aryl methyl sites for hydroxylation is 3. The number of rotatable bonds is 4. The predicted octanol–water partition coefficient (Wildman–Crippen LogP) is 1.97. The Morgan fingerprint density at radius 2 is 1.90 bits per heavy atom. The van der Waals surface area contributed by atoms with E-state index in [4.69, 9.17) is 4.52 Å². The Hall–Kier alpha value is -2.63. The minimum Gasteiger partial charge on any atom is -0.360 e. The van der Waals surface area contributed by atoms with Crippen molar-refractivity contribution in [2.75, 3.05) is 11.9 Å². The summed E-state index contributed by atoms with van der Waals surface area (Å²) in [6.07, 6.45) is 0. The summed E-state index contributed by atoms with van der Waals surface area (Å²) < 4.78 is 4.83. The highest BCUT2D eigenvalue weighted by Crippen LogP contribution is 2.09. The van der Waals surface area contributed by atoms with E-state index >= 15 is 0 Å². The molecule has 2 aromatic rings. The van der Waals surface area contributed by atoms with Crippen molar-refractivity contribution in [1.29, 1.82) is 0 Å². The zero-order valence-electron chi connectivity index (χ0n) is 12.2. The molecular formula is C15H17N3O3. The van der Waals surface area contributed by atoms with E-state index in [9.17, 15) is 9.59 Å². The molecule has 6 nitrogen and oxygen atoms in total. The van der Waals surface area contributed by atoms with Crippen LogP contribution in [0.3, 0.4) is 0 Å². The molecule has 1 aromatic carbocycles. The van der Waals surface area contributed by atoms with Gasteiger partial charge in [-0.05, 0) is 44.0 Å². The molecule has 0 bridgehead atoms. The molecule has 0 atom stereocenters. The topological polar surface area (TPSA) is 84.2 Å². The summed E-state index contributed by atoms with van der Waals surface area (Å²) in [7, 11) is 0. The van der Waals surface area contributed by atoms with Gasteiger partial charge in [-0.25, -0.2) is 0 Å². The largest absolute Gasteiger partial charge is 0.360 e. The average Bonchev–Trinajstić information content (AvgIpc) is 2.84. The summed E-state index contributed by atoms with van der Waals surface area (Å²) in [6.45, 7) is 5.51. The third-order valence-corrected chi connectivity index (χ3v) is 3.07. The Morgan fingerprint density at radius 1 is 1.14 bits per heavy atom. The van der Waals surface area contributed by atoms with Gasteiger partial charge in [-0.3, -0.25) is 9.59 Å². The molecule has 21 heavy (non-hydrogen) atoms. The van der Waals surface area contributed by atoms with Crippen molar-refractivity contribution < 1.29 is 14.1 Å². The van der Waals surface area contributed by atoms with E-state index in [0.717, 1.165) is 11.1 Å². The van der Waals surface area contributed by atoms with Crippen LogP contribution in [0.2, 0.25) is 0 Å². The van der Waals surface area contributed by atoms with Crippen LogP contribution < -0.4 is 10.6 Å². The third-order valence-electron chi connectivity index (χ3n) is 3.07. The molecule has 6 heteroatoms. The fraction of sp³-hybridized carbons (Fsp3) is 0.267. The Labute approximate surface area is 122 Å². The fourth-order valence-electron chi connectivity index (χ4n) is 1.76. The second-order valence-corrected chi connectivity index (χ2v) is 4.85. The van der Waals surface area contributed by atoms with Gasteiger partial charge in [-0.2, -0.15) is 0 Å². The van der Waals surface area contributed by atoms with Crippen molar-refractivity contribution >= 4 is 17.6 Å². The van der Waals surface area contributed by atoms with Crippen LogP contribution >= 0.6 is 0 Å². The van der Waals surface area contributed by atoms with Gasteiger partial charge in [0.25, 0.3) is 5.91 Å². The minimum absolute atomic E-state index is 0.127. The van der Waals surface area contributed by atoms with Crippen LogP contribution in [0, 0.1) is 20.8 Å². The molecule has 0 aliphatic rings. The van der Waals surface area contributed by atoms with Crippen molar-refractivity contribution in [2.24, 2.45) is 0 Å². The van der Waals surface area contributed by atoms with E-state index in [0.29, 0.717) is 17.1 Å². The molecule has 1 heterocycles. The first kappa shape index (κ1) is 14.8. The summed E-state index contributed by atoms with van der Waals surface area (Å²) in [5.74, 6) is 0.285. The molecule has 0 radical (unpaired) electrons. The highest BCUT2D eigenvalue weighted by Gasteiger charge is 2.10. The lowest BCUT2D eigenvalue weighted by Gasteiger charge is -2.07. The van der Waals surface area contributed by atoms with Crippen LogP contribution in [0.4, 0.5) is 5.82 Å². The van der Waals surface area contributed by atoms with Crippen LogP contribution in [-0.2, 0) is 4.79 Å².